The summed E-state index contributed by atoms with van der Waals surface area (Å²) in [6, 6.07) is 4.98. The molecule has 0 fully saturated rings. The van der Waals surface area contributed by atoms with E-state index in [0.717, 1.165) is 0 Å². The summed E-state index contributed by atoms with van der Waals surface area (Å²) in [6.45, 7) is 4.55. The number of hydrogen-bond acceptors (Lipinski definition) is 3. The largest absolute Gasteiger partial charge is 0.480 e. The van der Waals surface area contributed by atoms with Gasteiger partial charge in [-0.2, -0.15) is 0 Å². The van der Waals surface area contributed by atoms with Crippen LogP contribution < -0.4 is 5.32 Å². The van der Waals surface area contributed by atoms with Gasteiger partial charge in [-0.25, -0.2) is 0 Å². The van der Waals surface area contributed by atoms with Crippen molar-refractivity contribution in [1.82, 2.24) is 4.90 Å². The summed E-state index contributed by atoms with van der Waals surface area (Å²) in [5.74, 6) is -1.36. The molecule has 2 N–H and O–H groups in total. The number of carbonyl (C=O) groups excluding carboxylic acids is 1. The maximum Gasteiger partial charge on any atom is 0.323 e. The predicted molar refractivity (Wildman–Crippen MR) is 79.4 cm³/mol. The van der Waals surface area contributed by atoms with Crippen LogP contribution in [0.25, 0.3) is 0 Å². The van der Waals surface area contributed by atoms with Crippen molar-refractivity contribution in [2.75, 3.05) is 25.0 Å². The number of hydrogen-bond donors (Lipinski definition) is 2. The summed E-state index contributed by atoms with van der Waals surface area (Å²) < 4.78 is 0. The van der Waals surface area contributed by atoms with Crippen LogP contribution in [-0.2, 0) is 4.79 Å². The van der Waals surface area contributed by atoms with Crippen molar-refractivity contribution in [2.45, 2.75) is 20.3 Å². The van der Waals surface area contributed by atoms with Crippen LogP contribution in [0.3, 0.4) is 0 Å². The predicted octanol–water partition coefficient (Wildman–Crippen LogP) is 2.71. The fraction of sp³-hybridized carbons (Fsp3) is 0.429. The molecule has 0 aromatic heterocycles. The van der Waals surface area contributed by atoms with Gasteiger partial charge in [-0.05, 0) is 31.5 Å². The van der Waals surface area contributed by atoms with E-state index < -0.39 is 5.97 Å². The maximum absolute atomic E-state index is 12.5. The lowest BCUT2D eigenvalue weighted by atomic mass is 10.1. The molecule has 1 aromatic carbocycles. The molecule has 0 aliphatic rings. The Kier molecular flexibility index (Phi) is 6.31. The second-order valence-corrected chi connectivity index (χ2v) is 4.78. The zero-order valence-electron chi connectivity index (χ0n) is 11.6. The van der Waals surface area contributed by atoms with E-state index in [-0.39, 0.29) is 12.5 Å². The summed E-state index contributed by atoms with van der Waals surface area (Å²) in [5, 5.41) is 12.4. The molecule has 1 aromatic rings. The van der Waals surface area contributed by atoms with Gasteiger partial charge in [-0.15, -0.1) is 0 Å². The molecule has 0 atom stereocenters. The van der Waals surface area contributed by atoms with Crippen LogP contribution in [0.1, 0.15) is 30.6 Å². The van der Waals surface area contributed by atoms with Gasteiger partial charge < -0.3 is 15.3 Å². The molecule has 0 heterocycles. The van der Waals surface area contributed by atoms with Crippen LogP contribution in [0.2, 0.25) is 5.02 Å². The molecule has 0 aliphatic heterocycles. The topological polar surface area (TPSA) is 69.6 Å². The Morgan fingerprint density at radius 3 is 2.60 bits per heavy atom. The first-order valence-electron chi connectivity index (χ1n) is 6.54. The lowest BCUT2D eigenvalue weighted by molar-refractivity contribution is -0.137. The molecule has 0 bridgehead atoms. The molecule has 1 rings (SSSR count). The minimum Gasteiger partial charge on any atom is -0.480 e. The first kappa shape index (κ1) is 16.3. The van der Waals surface area contributed by atoms with Gasteiger partial charge in [0.2, 0.25) is 0 Å². The van der Waals surface area contributed by atoms with Crippen LogP contribution in [0.15, 0.2) is 18.2 Å². The highest BCUT2D eigenvalue weighted by Crippen LogP contribution is 2.22. The van der Waals surface area contributed by atoms with Gasteiger partial charge in [0, 0.05) is 23.8 Å². The second kappa shape index (κ2) is 7.75. The van der Waals surface area contributed by atoms with Crippen LogP contribution >= 0.6 is 11.6 Å². The molecule has 0 saturated carbocycles. The van der Waals surface area contributed by atoms with E-state index in [4.69, 9.17) is 16.7 Å². The minimum atomic E-state index is -1.03. The van der Waals surface area contributed by atoms with E-state index in [1.165, 1.54) is 4.90 Å². The van der Waals surface area contributed by atoms with E-state index in [0.29, 0.717) is 35.8 Å². The standard InChI is InChI=1S/C14H19ClN2O3/c1-3-7-17(9-13(18)19)14(20)11-8-10(15)5-6-12(11)16-4-2/h5-6,8,16H,3-4,7,9H2,1-2H3,(H,18,19). The number of aliphatic carboxylic acids is 1. The van der Waals surface area contributed by atoms with Gasteiger partial charge in [0.25, 0.3) is 5.91 Å². The molecule has 5 nitrogen and oxygen atoms in total. The van der Waals surface area contributed by atoms with Crippen LogP contribution in [0.4, 0.5) is 5.69 Å². The third-order valence-electron chi connectivity index (χ3n) is 2.69. The number of rotatable bonds is 7. The Hall–Kier alpha value is -1.75. The van der Waals surface area contributed by atoms with Crippen molar-refractivity contribution >= 4 is 29.2 Å². The van der Waals surface area contributed by atoms with E-state index in [1.54, 1.807) is 18.2 Å². The number of carboxylic acids is 1. The first-order chi connectivity index (χ1) is 9.49. The zero-order valence-corrected chi connectivity index (χ0v) is 12.4. The van der Waals surface area contributed by atoms with Gasteiger partial charge >= 0.3 is 5.97 Å². The van der Waals surface area contributed by atoms with Crippen LogP contribution in [0.5, 0.6) is 0 Å². The van der Waals surface area contributed by atoms with E-state index >= 15 is 0 Å². The average molecular weight is 299 g/mol. The fourth-order valence-electron chi connectivity index (χ4n) is 1.89. The Bertz CT molecular complexity index is 491. The molecular formula is C14H19ClN2O3. The molecule has 110 valence electrons. The molecule has 0 saturated heterocycles. The van der Waals surface area contributed by atoms with E-state index in [9.17, 15) is 9.59 Å². The summed E-state index contributed by atoms with van der Waals surface area (Å²) in [7, 11) is 0. The van der Waals surface area contributed by atoms with Crippen molar-refractivity contribution in [1.29, 1.82) is 0 Å². The van der Waals surface area contributed by atoms with Gasteiger partial charge in [0.15, 0.2) is 0 Å². The maximum atomic E-state index is 12.5. The monoisotopic (exact) mass is 298 g/mol. The molecular weight excluding hydrogens is 280 g/mol. The highest BCUT2D eigenvalue weighted by molar-refractivity contribution is 6.31. The normalized spacial score (nSPS) is 10.2. The highest BCUT2D eigenvalue weighted by Gasteiger charge is 2.20. The van der Waals surface area contributed by atoms with Crippen molar-refractivity contribution < 1.29 is 14.7 Å². The Balaban J connectivity index is 3.08. The number of halogens is 1. The van der Waals surface area contributed by atoms with E-state index in [2.05, 4.69) is 5.32 Å². The molecule has 0 radical (unpaired) electrons. The average Bonchev–Trinajstić information content (AvgIpc) is 2.39. The van der Waals surface area contributed by atoms with Gasteiger partial charge in [-0.1, -0.05) is 18.5 Å². The number of amides is 1. The lowest BCUT2D eigenvalue weighted by Crippen LogP contribution is -2.36. The number of carbonyl (C=O) groups is 2. The van der Waals surface area contributed by atoms with Gasteiger partial charge in [0.05, 0.1) is 5.56 Å². The summed E-state index contributed by atoms with van der Waals surface area (Å²) in [4.78, 5) is 24.7. The van der Waals surface area contributed by atoms with Gasteiger partial charge in [-0.3, -0.25) is 9.59 Å². The first-order valence-corrected chi connectivity index (χ1v) is 6.91. The lowest BCUT2D eigenvalue weighted by Gasteiger charge is -2.21. The van der Waals surface area contributed by atoms with Crippen molar-refractivity contribution in [3.05, 3.63) is 28.8 Å². The minimum absolute atomic E-state index is 0.315. The van der Waals surface area contributed by atoms with Gasteiger partial charge in [0.1, 0.15) is 6.54 Å². The molecule has 0 unspecified atom stereocenters. The number of carboxylic acid groups (broad SMARTS) is 1. The molecule has 0 spiro atoms. The summed E-state index contributed by atoms with van der Waals surface area (Å²) >= 11 is 5.93. The van der Waals surface area contributed by atoms with Crippen molar-refractivity contribution in [3.63, 3.8) is 0 Å². The molecule has 0 aliphatic carbocycles. The van der Waals surface area contributed by atoms with Crippen molar-refractivity contribution in [2.24, 2.45) is 0 Å². The number of benzene rings is 1. The highest BCUT2D eigenvalue weighted by atomic mass is 35.5. The summed E-state index contributed by atoms with van der Waals surface area (Å²) in [6.07, 6.45) is 0.691. The Morgan fingerprint density at radius 1 is 1.35 bits per heavy atom. The quantitative estimate of drug-likeness (QED) is 0.812. The number of nitrogens with one attached hydrogen (secondary N) is 1. The molecule has 1 amide bonds. The Labute approximate surface area is 123 Å². The molecule has 6 heteroatoms. The van der Waals surface area contributed by atoms with Crippen LogP contribution in [0, 0.1) is 0 Å². The van der Waals surface area contributed by atoms with E-state index in [1.807, 2.05) is 13.8 Å². The second-order valence-electron chi connectivity index (χ2n) is 4.34. The molecule has 20 heavy (non-hydrogen) atoms. The summed E-state index contributed by atoms with van der Waals surface area (Å²) in [5.41, 5.74) is 1.06. The smallest absolute Gasteiger partial charge is 0.323 e. The third-order valence-corrected chi connectivity index (χ3v) is 2.92. The van der Waals surface area contributed by atoms with Crippen LogP contribution in [-0.4, -0.2) is 41.5 Å². The SMILES string of the molecule is CCCN(CC(=O)O)C(=O)c1cc(Cl)ccc1NCC. The Morgan fingerprint density at radius 2 is 2.05 bits per heavy atom. The zero-order chi connectivity index (χ0) is 15.1. The van der Waals surface area contributed by atoms with Crippen molar-refractivity contribution in [3.8, 4) is 0 Å². The fourth-order valence-corrected chi connectivity index (χ4v) is 2.07. The number of nitrogens with zero attached hydrogens (tertiary/aromatic N) is 1. The third kappa shape index (κ3) is 4.42. The number of anilines is 1.